The Labute approximate surface area is 144 Å². The molecule has 24 heavy (non-hydrogen) atoms. The Bertz CT molecular complexity index is 930. The summed E-state index contributed by atoms with van der Waals surface area (Å²) in [5.41, 5.74) is 8.18. The maximum atomic E-state index is 2.40. The fourth-order valence-electron chi connectivity index (χ4n) is 5.06. The van der Waals surface area contributed by atoms with Crippen LogP contribution in [-0.4, -0.2) is 0 Å². The van der Waals surface area contributed by atoms with Crippen molar-refractivity contribution in [2.75, 3.05) is 0 Å². The maximum Gasteiger partial charge on any atom is -0.0109 e. The summed E-state index contributed by atoms with van der Waals surface area (Å²) in [6, 6.07) is 9.19. The molecule has 4 aliphatic rings. The van der Waals surface area contributed by atoms with Crippen molar-refractivity contribution in [3.05, 3.63) is 81.8 Å². The first-order valence-electron chi connectivity index (χ1n) is 9.49. The number of benzene rings is 1. The number of rotatable bonds is 1. The molecular weight excluding hydrogens is 288 g/mol. The summed E-state index contributed by atoms with van der Waals surface area (Å²) in [7, 11) is 0. The quantitative estimate of drug-likeness (QED) is 0.703. The van der Waals surface area contributed by atoms with E-state index in [4.69, 9.17) is 0 Å². The number of fused-ring (bicyclic) bond motifs is 3. The smallest absolute Gasteiger partial charge is 0.0109 e. The topological polar surface area (TPSA) is 0 Å². The lowest BCUT2D eigenvalue weighted by atomic mass is 9.69. The first-order valence-corrected chi connectivity index (χ1v) is 9.49. The molecule has 0 nitrogen and oxygen atoms in total. The van der Waals surface area contributed by atoms with E-state index in [0.29, 0.717) is 0 Å². The van der Waals surface area contributed by atoms with Gasteiger partial charge in [0.15, 0.2) is 0 Å². The van der Waals surface area contributed by atoms with E-state index >= 15 is 0 Å². The lowest BCUT2D eigenvalue weighted by molar-refractivity contribution is 0.584. The van der Waals surface area contributed by atoms with Crippen LogP contribution in [0.25, 0.3) is 11.1 Å². The zero-order valence-corrected chi connectivity index (χ0v) is 14.2. The van der Waals surface area contributed by atoms with Crippen LogP contribution in [0.5, 0.6) is 0 Å². The Morgan fingerprint density at radius 2 is 1.71 bits per heavy atom. The minimum atomic E-state index is 0.729. The average Bonchev–Trinajstić information content (AvgIpc) is 2.67. The number of hydrogen-bond acceptors (Lipinski definition) is 0. The van der Waals surface area contributed by atoms with Gasteiger partial charge >= 0.3 is 0 Å². The minimum Gasteiger partial charge on any atom is -0.0842 e. The molecule has 1 atom stereocenters. The van der Waals surface area contributed by atoms with Gasteiger partial charge in [-0.25, -0.2) is 0 Å². The molecule has 1 aromatic rings. The lowest BCUT2D eigenvalue weighted by Crippen LogP contribution is -2.38. The van der Waals surface area contributed by atoms with Crippen LogP contribution in [0.4, 0.5) is 0 Å². The Balaban J connectivity index is 1.82. The third-order valence-electron chi connectivity index (χ3n) is 6.16. The molecule has 1 unspecified atom stereocenters. The Morgan fingerprint density at radius 1 is 0.833 bits per heavy atom. The summed E-state index contributed by atoms with van der Waals surface area (Å²) in [6.45, 7) is 0. The van der Waals surface area contributed by atoms with Crippen molar-refractivity contribution < 1.29 is 0 Å². The third-order valence-corrected chi connectivity index (χ3v) is 6.16. The molecule has 0 spiro atoms. The molecule has 0 saturated carbocycles. The van der Waals surface area contributed by atoms with Gasteiger partial charge in [-0.15, -0.1) is 0 Å². The second-order valence-corrected chi connectivity index (χ2v) is 7.48. The van der Waals surface area contributed by atoms with E-state index in [0.717, 1.165) is 5.92 Å². The normalized spacial score (nSPS) is 25.2. The highest BCUT2D eigenvalue weighted by atomic mass is 14.3. The highest BCUT2D eigenvalue weighted by Crippen LogP contribution is 2.44. The van der Waals surface area contributed by atoms with E-state index in [1.165, 1.54) is 55.4 Å². The summed E-state index contributed by atoms with van der Waals surface area (Å²) in [5, 5.41) is 3.04. The van der Waals surface area contributed by atoms with Gasteiger partial charge in [-0.05, 0) is 89.2 Å². The van der Waals surface area contributed by atoms with Gasteiger partial charge in [0.2, 0.25) is 0 Å². The second kappa shape index (κ2) is 5.77. The van der Waals surface area contributed by atoms with Crippen LogP contribution in [0, 0.1) is 5.92 Å². The first kappa shape index (κ1) is 14.3. The number of hydrogen-bond donors (Lipinski definition) is 0. The summed E-state index contributed by atoms with van der Waals surface area (Å²) in [6.07, 6.45) is 20.4. The average molecular weight is 312 g/mol. The van der Waals surface area contributed by atoms with Crippen LogP contribution in [0.1, 0.15) is 44.9 Å². The van der Waals surface area contributed by atoms with Crippen LogP contribution < -0.4 is 10.4 Å². The molecule has 0 heteroatoms. The Kier molecular flexibility index (Phi) is 3.43. The highest BCUT2D eigenvalue weighted by Gasteiger charge is 2.30. The van der Waals surface area contributed by atoms with Gasteiger partial charge in [0.25, 0.3) is 0 Å². The fourth-order valence-corrected chi connectivity index (χ4v) is 5.06. The number of allylic oxidation sites excluding steroid dienone is 8. The van der Waals surface area contributed by atoms with E-state index in [-0.39, 0.29) is 0 Å². The molecule has 120 valence electrons. The van der Waals surface area contributed by atoms with Crippen molar-refractivity contribution in [3.63, 3.8) is 0 Å². The highest BCUT2D eigenvalue weighted by molar-refractivity contribution is 5.78. The van der Waals surface area contributed by atoms with Gasteiger partial charge in [0, 0.05) is 0 Å². The molecule has 0 heterocycles. The molecule has 1 aromatic carbocycles. The molecular formula is C24H24. The molecule has 0 amide bonds. The molecule has 4 aliphatic carbocycles. The molecule has 0 radical (unpaired) electrons. The summed E-state index contributed by atoms with van der Waals surface area (Å²) >= 11 is 0. The van der Waals surface area contributed by atoms with E-state index < -0.39 is 0 Å². The molecule has 0 N–H and O–H groups in total. The SMILES string of the molecule is C1=CCCC(C2=c3ccccc3=C3C4=C(C=CCC4)CCC3C2)=C1. The third kappa shape index (κ3) is 2.20. The van der Waals surface area contributed by atoms with Crippen molar-refractivity contribution >= 4 is 11.1 Å². The van der Waals surface area contributed by atoms with Gasteiger partial charge < -0.3 is 0 Å². The fraction of sp³-hybridized carbons (Fsp3) is 0.333. The van der Waals surface area contributed by atoms with Crippen molar-refractivity contribution in [2.24, 2.45) is 5.92 Å². The molecule has 0 aromatic heterocycles. The van der Waals surface area contributed by atoms with Crippen molar-refractivity contribution in [1.29, 1.82) is 0 Å². The van der Waals surface area contributed by atoms with Crippen LogP contribution >= 0.6 is 0 Å². The predicted molar refractivity (Wildman–Crippen MR) is 102 cm³/mol. The van der Waals surface area contributed by atoms with Gasteiger partial charge in [-0.2, -0.15) is 0 Å². The molecule has 0 aliphatic heterocycles. The second-order valence-electron chi connectivity index (χ2n) is 7.48. The molecule has 0 bridgehead atoms. The first-order chi connectivity index (χ1) is 11.9. The van der Waals surface area contributed by atoms with E-state index in [9.17, 15) is 0 Å². The summed E-state index contributed by atoms with van der Waals surface area (Å²) in [5.74, 6) is 0.729. The zero-order valence-electron chi connectivity index (χ0n) is 14.2. The van der Waals surface area contributed by atoms with Gasteiger partial charge in [-0.3, -0.25) is 0 Å². The van der Waals surface area contributed by atoms with Gasteiger partial charge in [-0.1, -0.05) is 54.6 Å². The van der Waals surface area contributed by atoms with Crippen molar-refractivity contribution in [1.82, 2.24) is 0 Å². The molecule has 5 rings (SSSR count). The van der Waals surface area contributed by atoms with Crippen molar-refractivity contribution in [2.45, 2.75) is 44.9 Å². The van der Waals surface area contributed by atoms with Crippen LogP contribution in [0.3, 0.4) is 0 Å². The van der Waals surface area contributed by atoms with Crippen LogP contribution in [0.2, 0.25) is 0 Å². The largest absolute Gasteiger partial charge is 0.0842 e. The van der Waals surface area contributed by atoms with Gasteiger partial charge in [0.1, 0.15) is 0 Å². The van der Waals surface area contributed by atoms with Crippen LogP contribution in [-0.2, 0) is 0 Å². The van der Waals surface area contributed by atoms with E-state index in [1.807, 2.05) is 0 Å². The lowest BCUT2D eigenvalue weighted by Gasteiger charge is -2.35. The standard InChI is InChI=1S/C24H24/c1-2-8-17(9-3-1)23-16-19-15-14-18-10-4-5-11-20(18)24(19)22-13-7-6-12-21(22)23/h1-2,4,6-8,10,12-13,19H,3,5,9,11,14-16H2. The monoisotopic (exact) mass is 312 g/mol. The summed E-state index contributed by atoms with van der Waals surface area (Å²) < 4.78 is 0. The molecule has 0 saturated heterocycles. The Hall–Kier alpha value is -2.08. The van der Waals surface area contributed by atoms with E-state index in [2.05, 4.69) is 54.6 Å². The van der Waals surface area contributed by atoms with Gasteiger partial charge in [0.05, 0.1) is 0 Å². The van der Waals surface area contributed by atoms with Crippen molar-refractivity contribution in [3.8, 4) is 0 Å². The predicted octanol–water partition coefficient (Wildman–Crippen LogP) is 4.72. The van der Waals surface area contributed by atoms with Crippen LogP contribution in [0.15, 0.2) is 71.4 Å². The summed E-state index contributed by atoms with van der Waals surface area (Å²) in [4.78, 5) is 0. The molecule has 0 fully saturated rings. The maximum absolute atomic E-state index is 2.40. The van der Waals surface area contributed by atoms with E-state index in [1.54, 1.807) is 27.9 Å². The zero-order chi connectivity index (χ0) is 15.9. The Morgan fingerprint density at radius 3 is 2.58 bits per heavy atom. The minimum absolute atomic E-state index is 0.729.